The summed E-state index contributed by atoms with van der Waals surface area (Å²) in [7, 11) is 0. The molecule has 1 aliphatic heterocycles. The van der Waals surface area contributed by atoms with Crippen LogP contribution in [0.4, 0.5) is 0 Å². The molecule has 1 heterocycles. The normalized spacial score (nSPS) is 17.5. The molecule has 1 aliphatic rings. The molecule has 28 heavy (non-hydrogen) atoms. The molecule has 5 nitrogen and oxygen atoms in total. The van der Waals surface area contributed by atoms with Crippen molar-refractivity contribution in [3.05, 3.63) is 71.8 Å². The van der Waals surface area contributed by atoms with Gasteiger partial charge in [-0.3, -0.25) is 9.59 Å². The number of benzene rings is 2. The van der Waals surface area contributed by atoms with E-state index in [-0.39, 0.29) is 11.8 Å². The second-order valence-corrected chi connectivity index (χ2v) is 7.37. The SMILES string of the molecule is O=C(N[C@H](Cc1ccccc1)C(=O)NCC[C@@H]1CCCNC1)c1ccccc1. The van der Waals surface area contributed by atoms with Crippen molar-refractivity contribution >= 4 is 11.8 Å². The first-order valence-corrected chi connectivity index (χ1v) is 10.1. The van der Waals surface area contributed by atoms with E-state index < -0.39 is 6.04 Å². The van der Waals surface area contributed by atoms with Crippen LogP contribution in [0.15, 0.2) is 60.7 Å². The van der Waals surface area contributed by atoms with Gasteiger partial charge in [-0.1, -0.05) is 48.5 Å². The average molecular weight is 380 g/mol. The smallest absolute Gasteiger partial charge is 0.251 e. The van der Waals surface area contributed by atoms with E-state index in [2.05, 4.69) is 16.0 Å². The first kappa shape index (κ1) is 20.1. The summed E-state index contributed by atoms with van der Waals surface area (Å²) in [5.74, 6) is 0.255. The van der Waals surface area contributed by atoms with E-state index >= 15 is 0 Å². The van der Waals surface area contributed by atoms with Crippen molar-refractivity contribution in [2.24, 2.45) is 5.92 Å². The Morgan fingerprint density at radius 3 is 2.43 bits per heavy atom. The van der Waals surface area contributed by atoms with Gasteiger partial charge in [-0.25, -0.2) is 0 Å². The highest BCUT2D eigenvalue weighted by atomic mass is 16.2. The van der Waals surface area contributed by atoms with Gasteiger partial charge in [0, 0.05) is 18.5 Å². The molecular formula is C23H29N3O2. The lowest BCUT2D eigenvalue weighted by molar-refractivity contribution is -0.123. The highest BCUT2D eigenvalue weighted by Gasteiger charge is 2.22. The molecule has 0 aromatic heterocycles. The molecule has 0 radical (unpaired) electrons. The lowest BCUT2D eigenvalue weighted by atomic mass is 9.96. The molecule has 5 heteroatoms. The molecule has 0 aliphatic carbocycles. The quantitative estimate of drug-likeness (QED) is 0.660. The van der Waals surface area contributed by atoms with Gasteiger partial charge in [0.15, 0.2) is 0 Å². The van der Waals surface area contributed by atoms with Crippen molar-refractivity contribution in [2.75, 3.05) is 19.6 Å². The van der Waals surface area contributed by atoms with E-state index in [1.54, 1.807) is 12.1 Å². The maximum atomic E-state index is 12.8. The molecule has 148 valence electrons. The van der Waals surface area contributed by atoms with Crippen LogP contribution in [0.3, 0.4) is 0 Å². The molecule has 1 fully saturated rings. The Labute approximate surface area is 166 Å². The summed E-state index contributed by atoms with van der Waals surface area (Å²) in [6.45, 7) is 2.75. The molecule has 0 saturated carbocycles. The number of hydrogen-bond donors (Lipinski definition) is 3. The van der Waals surface area contributed by atoms with E-state index in [4.69, 9.17) is 0 Å². The Morgan fingerprint density at radius 1 is 1.04 bits per heavy atom. The maximum absolute atomic E-state index is 12.8. The molecule has 2 aromatic carbocycles. The molecule has 3 N–H and O–H groups in total. The Hall–Kier alpha value is -2.66. The standard InChI is InChI=1S/C23H29N3O2/c27-22(20-11-5-2-6-12-20)26-21(16-18-8-3-1-4-9-18)23(28)25-15-13-19-10-7-14-24-17-19/h1-6,8-9,11-12,19,21,24H,7,10,13-17H2,(H,25,28)(H,26,27)/t19-,21+/m0/s1. The summed E-state index contributed by atoms with van der Waals surface area (Å²) in [5, 5.41) is 9.34. The fourth-order valence-electron chi connectivity index (χ4n) is 3.58. The average Bonchev–Trinajstić information content (AvgIpc) is 2.75. The third-order valence-electron chi connectivity index (χ3n) is 5.19. The monoisotopic (exact) mass is 379 g/mol. The van der Waals surface area contributed by atoms with Crippen LogP contribution in [0.2, 0.25) is 0 Å². The second kappa shape index (κ2) is 10.6. The van der Waals surface area contributed by atoms with Gasteiger partial charge in [0.2, 0.25) is 5.91 Å². The first-order valence-electron chi connectivity index (χ1n) is 10.1. The molecule has 2 amide bonds. The van der Waals surface area contributed by atoms with Gasteiger partial charge in [-0.15, -0.1) is 0 Å². The minimum Gasteiger partial charge on any atom is -0.354 e. The Morgan fingerprint density at radius 2 is 1.75 bits per heavy atom. The highest BCUT2D eigenvalue weighted by Crippen LogP contribution is 2.13. The summed E-state index contributed by atoms with van der Waals surface area (Å²) in [4.78, 5) is 25.4. The van der Waals surface area contributed by atoms with Gasteiger partial charge >= 0.3 is 0 Å². The third-order valence-corrected chi connectivity index (χ3v) is 5.19. The van der Waals surface area contributed by atoms with Crippen LogP contribution in [0, 0.1) is 5.92 Å². The van der Waals surface area contributed by atoms with Crippen molar-refractivity contribution in [3.63, 3.8) is 0 Å². The van der Waals surface area contributed by atoms with Crippen LogP contribution in [0.5, 0.6) is 0 Å². The van der Waals surface area contributed by atoms with Gasteiger partial charge in [0.05, 0.1) is 0 Å². The molecule has 3 rings (SSSR count). The van der Waals surface area contributed by atoms with Crippen LogP contribution in [0.25, 0.3) is 0 Å². The van der Waals surface area contributed by atoms with Gasteiger partial charge in [-0.05, 0) is 56.0 Å². The fraction of sp³-hybridized carbons (Fsp3) is 0.391. The van der Waals surface area contributed by atoms with Crippen LogP contribution < -0.4 is 16.0 Å². The van der Waals surface area contributed by atoms with Crippen molar-refractivity contribution in [1.82, 2.24) is 16.0 Å². The highest BCUT2D eigenvalue weighted by molar-refractivity contribution is 5.97. The van der Waals surface area contributed by atoms with Crippen LogP contribution in [0.1, 0.15) is 35.2 Å². The summed E-state index contributed by atoms with van der Waals surface area (Å²) in [5.41, 5.74) is 1.58. The minimum atomic E-state index is -0.598. The number of hydrogen-bond acceptors (Lipinski definition) is 3. The van der Waals surface area contributed by atoms with E-state index in [9.17, 15) is 9.59 Å². The Bertz CT molecular complexity index is 743. The van der Waals surface area contributed by atoms with Crippen LogP contribution in [-0.4, -0.2) is 37.5 Å². The lowest BCUT2D eigenvalue weighted by Gasteiger charge is -2.23. The topological polar surface area (TPSA) is 70.2 Å². The summed E-state index contributed by atoms with van der Waals surface area (Å²) >= 11 is 0. The van der Waals surface area contributed by atoms with Crippen LogP contribution in [-0.2, 0) is 11.2 Å². The molecule has 0 spiro atoms. The largest absolute Gasteiger partial charge is 0.354 e. The molecule has 2 aromatic rings. The van der Waals surface area contributed by atoms with Gasteiger partial charge < -0.3 is 16.0 Å². The van der Waals surface area contributed by atoms with Crippen molar-refractivity contribution in [1.29, 1.82) is 0 Å². The van der Waals surface area contributed by atoms with Crippen LogP contribution >= 0.6 is 0 Å². The zero-order valence-electron chi connectivity index (χ0n) is 16.2. The number of piperidine rings is 1. The summed E-state index contributed by atoms with van der Waals surface area (Å²) < 4.78 is 0. The van der Waals surface area contributed by atoms with Crippen molar-refractivity contribution in [3.8, 4) is 0 Å². The Kier molecular flexibility index (Phi) is 7.62. The number of carbonyl (C=O) groups excluding carboxylic acids is 2. The fourth-order valence-corrected chi connectivity index (χ4v) is 3.58. The second-order valence-electron chi connectivity index (χ2n) is 7.37. The molecule has 0 bridgehead atoms. The van der Waals surface area contributed by atoms with E-state index in [1.807, 2.05) is 48.5 Å². The number of rotatable bonds is 8. The first-order chi connectivity index (χ1) is 13.7. The van der Waals surface area contributed by atoms with Gasteiger partial charge in [-0.2, -0.15) is 0 Å². The maximum Gasteiger partial charge on any atom is 0.251 e. The zero-order valence-corrected chi connectivity index (χ0v) is 16.2. The summed E-state index contributed by atoms with van der Waals surface area (Å²) in [6, 6.07) is 18.2. The van der Waals surface area contributed by atoms with E-state index in [0.29, 0.717) is 24.4 Å². The Balaban J connectivity index is 1.59. The predicted molar refractivity (Wildman–Crippen MR) is 111 cm³/mol. The van der Waals surface area contributed by atoms with Crippen molar-refractivity contribution in [2.45, 2.75) is 31.7 Å². The van der Waals surface area contributed by atoms with E-state index in [1.165, 1.54) is 12.8 Å². The molecule has 1 saturated heterocycles. The molecule has 2 atom stereocenters. The number of carbonyl (C=O) groups is 2. The van der Waals surface area contributed by atoms with Crippen molar-refractivity contribution < 1.29 is 9.59 Å². The molecular weight excluding hydrogens is 350 g/mol. The predicted octanol–water partition coefficient (Wildman–Crippen LogP) is 2.53. The number of nitrogens with one attached hydrogen (secondary N) is 3. The summed E-state index contributed by atoms with van der Waals surface area (Å²) in [6.07, 6.45) is 3.84. The van der Waals surface area contributed by atoms with Gasteiger partial charge in [0.25, 0.3) is 5.91 Å². The number of amides is 2. The zero-order chi connectivity index (χ0) is 19.6. The van der Waals surface area contributed by atoms with E-state index in [0.717, 1.165) is 25.1 Å². The minimum absolute atomic E-state index is 0.128. The molecule has 0 unspecified atom stereocenters. The third kappa shape index (κ3) is 6.20. The van der Waals surface area contributed by atoms with Gasteiger partial charge in [0.1, 0.15) is 6.04 Å². The lowest BCUT2D eigenvalue weighted by Crippen LogP contribution is -2.48.